The molecule has 20 heavy (non-hydrogen) atoms. The van der Waals surface area contributed by atoms with Crippen LogP contribution in [-0.4, -0.2) is 29.0 Å². The van der Waals surface area contributed by atoms with E-state index in [0.717, 1.165) is 0 Å². The van der Waals surface area contributed by atoms with Gasteiger partial charge in [-0.1, -0.05) is 0 Å². The van der Waals surface area contributed by atoms with Crippen molar-refractivity contribution in [1.29, 1.82) is 0 Å². The Morgan fingerprint density at radius 1 is 0.800 bits per heavy atom. The van der Waals surface area contributed by atoms with Crippen LogP contribution < -0.4 is 2.89 Å². The van der Waals surface area contributed by atoms with Crippen LogP contribution >= 0.6 is 8.07 Å². The van der Waals surface area contributed by atoms with E-state index in [1.165, 1.54) is 5.69 Å². The van der Waals surface area contributed by atoms with Crippen molar-refractivity contribution in [2.45, 2.75) is 66.7 Å². The van der Waals surface area contributed by atoms with E-state index < -0.39 is 18.7 Å². The van der Waals surface area contributed by atoms with Crippen LogP contribution in [0.15, 0.2) is 30.3 Å². The van der Waals surface area contributed by atoms with Gasteiger partial charge in [0.25, 0.3) is 0 Å². The summed E-state index contributed by atoms with van der Waals surface area (Å²) in [5.41, 5.74) is 1.44. The first-order chi connectivity index (χ1) is 8.85. The van der Waals surface area contributed by atoms with E-state index in [-0.39, 0.29) is 8.07 Å². The second-order valence-corrected chi connectivity index (χ2v) is 26.9. The molecule has 0 spiro atoms. The SMILES string of the molecule is CC(C)(C)P([N](c1ccccc1)[Sn]([CH3])([CH3])[CH3])C(C)(C)C. The Labute approximate surface area is 132 Å². The van der Waals surface area contributed by atoms with Crippen LogP contribution in [0.4, 0.5) is 5.69 Å². The monoisotopic (exact) mass is 401 g/mol. The van der Waals surface area contributed by atoms with Gasteiger partial charge >= 0.3 is 132 Å². The standard InChI is InChI=1S/C14H23NP.3CH3.Sn/c1-13(2,3)16(14(4,5)6)15-12-10-8-7-9-11-12;;;;/h7-11H,1-6H3;3*1H3;/q-1;;;;+1. The molecule has 1 aromatic rings. The molecule has 0 fully saturated rings. The summed E-state index contributed by atoms with van der Waals surface area (Å²) in [5.74, 6) is 0. The summed E-state index contributed by atoms with van der Waals surface area (Å²) >= 11 is -2.25. The first kappa shape index (κ1) is 18.3. The van der Waals surface area contributed by atoms with Crippen LogP contribution in [-0.2, 0) is 0 Å². The molecule has 0 atom stereocenters. The van der Waals surface area contributed by atoms with E-state index in [1.54, 1.807) is 0 Å². The quantitative estimate of drug-likeness (QED) is 0.424. The van der Waals surface area contributed by atoms with E-state index >= 15 is 0 Å². The van der Waals surface area contributed by atoms with Gasteiger partial charge in [0, 0.05) is 0 Å². The van der Waals surface area contributed by atoms with Crippen LogP contribution in [0.5, 0.6) is 0 Å². The van der Waals surface area contributed by atoms with Crippen LogP contribution in [0.2, 0.25) is 14.8 Å². The zero-order chi connectivity index (χ0) is 15.8. The van der Waals surface area contributed by atoms with Gasteiger partial charge in [0.15, 0.2) is 0 Å². The van der Waals surface area contributed by atoms with Crippen molar-refractivity contribution >= 4 is 32.4 Å². The number of hydrogen-bond donors (Lipinski definition) is 0. The average molecular weight is 400 g/mol. The second-order valence-electron chi connectivity index (χ2n) is 8.47. The summed E-state index contributed by atoms with van der Waals surface area (Å²) < 4.78 is 2.88. The Bertz CT molecular complexity index is 409. The molecule has 0 aromatic heterocycles. The molecule has 0 radical (unpaired) electrons. The van der Waals surface area contributed by atoms with Crippen LogP contribution in [0.3, 0.4) is 0 Å². The van der Waals surface area contributed by atoms with E-state index in [9.17, 15) is 0 Å². The van der Waals surface area contributed by atoms with Crippen LogP contribution in [0.25, 0.3) is 0 Å². The molecular weight excluding hydrogens is 368 g/mol. The normalized spacial score (nSPS) is 13.7. The second kappa shape index (κ2) is 6.16. The van der Waals surface area contributed by atoms with Crippen LogP contribution in [0.1, 0.15) is 41.5 Å². The van der Waals surface area contributed by atoms with Gasteiger partial charge in [0.05, 0.1) is 0 Å². The van der Waals surface area contributed by atoms with Gasteiger partial charge in [-0.2, -0.15) is 0 Å². The summed E-state index contributed by atoms with van der Waals surface area (Å²) in [4.78, 5) is 7.61. The predicted molar refractivity (Wildman–Crippen MR) is 98.7 cm³/mol. The predicted octanol–water partition coefficient (Wildman–Crippen LogP) is 6.32. The van der Waals surface area contributed by atoms with Gasteiger partial charge in [-0.15, -0.1) is 0 Å². The molecule has 1 nitrogen and oxygen atoms in total. The molecule has 0 unspecified atom stereocenters. The van der Waals surface area contributed by atoms with Gasteiger partial charge < -0.3 is 0 Å². The van der Waals surface area contributed by atoms with E-state index in [4.69, 9.17) is 0 Å². The molecule has 0 bridgehead atoms. The fourth-order valence-electron chi connectivity index (χ4n) is 2.98. The molecule has 0 saturated carbocycles. The van der Waals surface area contributed by atoms with Gasteiger partial charge in [-0.05, 0) is 0 Å². The van der Waals surface area contributed by atoms with Gasteiger partial charge in [0.2, 0.25) is 0 Å². The van der Waals surface area contributed by atoms with Crippen molar-refractivity contribution in [2.24, 2.45) is 0 Å². The van der Waals surface area contributed by atoms with Gasteiger partial charge in [-0.25, -0.2) is 0 Å². The summed E-state index contributed by atoms with van der Waals surface area (Å²) in [6, 6.07) is 11.1. The Kier molecular flexibility index (Phi) is 5.64. The van der Waals surface area contributed by atoms with Gasteiger partial charge in [0.1, 0.15) is 0 Å². The molecule has 0 amide bonds. The molecule has 0 aliphatic heterocycles. The van der Waals surface area contributed by atoms with Crippen molar-refractivity contribution in [3.05, 3.63) is 30.3 Å². The topological polar surface area (TPSA) is 3.24 Å². The van der Waals surface area contributed by atoms with E-state index in [1.807, 2.05) is 0 Å². The maximum atomic E-state index is 2.88. The molecule has 0 heterocycles. The summed E-state index contributed by atoms with van der Waals surface area (Å²) in [7, 11) is -0.244. The number of rotatable bonds is 3. The zero-order valence-corrected chi connectivity index (χ0v) is 18.5. The van der Waals surface area contributed by atoms with Crippen molar-refractivity contribution < 1.29 is 0 Å². The molecule has 0 aliphatic rings. The number of nitrogens with zero attached hydrogens (tertiary/aromatic N) is 1. The third-order valence-corrected chi connectivity index (χ3v) is 16.4. The maximum absolute atomic E-state index is 2.88. The Morgan fingerprint density at radius 3 is 1.50 bits per heavy atom. The van der Waals surface area contributed by atoms with Crippen LogP contribution in [0, 0.1) is 0 Å². The minimum absolute atomic E-state index is 0.244. The summed E-state index contributed by atoms with van der Waals surface area (Å²) in [5, 5.41) is 0.654. The first-order valence-corrected chi connectivity index (χ1v) is 18.6. The van der Waals surface area contributed by atoms with E-state index in [2.05, 4.69) is 89.6 Å². The zero-order valence-electron chi connectivity index (χ0n) is 14.8. The molecule has 0 aliphatic carbocycles. The first-order valence-electron chi connectivity index (χ1n) is 7.51. The third kappa shape index (κ3) is 4.63. The summed E-state index contributed by atoms with van der Waals surface area (Å²) in [6.07, 6.45) is 0. The van der Waals surface area contributed by atoms with Crippen molar-refractivity contribution in [3.63, 3.8) is 0 Å². The van der Waals surface area contributed by atoms with Crippen molar-refractivity contribution in [2.75, 3.05) is 2.89 Å². The number of anilines is 1. The van der Waals surface area contributed by atoms with Crippen molar-refractivity contribution in [1.82, 2.24) is 0 Å². The molecule has 114 valence electrons. The average Bonchev–Trinajstić information content (AvgIpc) is 2.21. The molecular formula is C17H32NPSn. The molecule has 1 aromatic carbocycles. The van der Waals surface area contributed by atoms with Crippen molar-refractivity contribution in [3.8, 4) is 0 Å². The molecule has 3 heteroatoms. The number of para-hydroxylation sites is 1. The number of hydrogen-bond acceptors (Lipinski definition) is 1. The molecule has 1 rings (SSSR count). The van der Waals surface area contributed by atoms with Gasteiger partial charge in [-0.3, -0.25) is 0 Å². The Balaban J connectivity index is 3.43. The third-order valence-electron chi connectivity index (χ3n) is 3.11. The number of benzene rings is 1. The Morgan fingerprint density at radius 2 is 1.20 bits per heavy atom. The fourth-order valence-corrected chi connectivity index (χ4v) is 20.1. The Hall–Kier alpha value is 0.249. The fraction of sp³-hybridized carbons (Fsp3) is 0.647. The molecule has 0 saturated heterocycles. The minimum atomic E-state index is -2.25. The summed E-state index contributed by atoms with van der Waals surface area (Å²) in [6.45, 7) is 14.5. The molecule has 0 N–H and O–H groups in total. The van der Waals surface area contributed by atoms with E-state index in [0.29, 0.717) is 10.3 Å².